The molecule has 1 aliphatic carbocycles. The van der Waals surface area contributed by atoms with Crippen LogP contribution in [0.5, 0.6) is 0 Å². The minimum atomic E-state index is -0.866. The Hall–Kier alpha value is -1.92. The Labute approximate surface area is 111 Å². The summed E-state index contributed by atoms with van der Waals surface area (Å²) in [5, 5.41) is 12.9. The molecule has 0 aliphatic heterocycles. The van der Waals surface area contributed by atoms with Crippen LogP contribution in [0.4, 0.5) is 0 Å². The highest BCUT2D eigenvalue weighted by Crippen LogP contribution is 2.28. The fraction of sp³-hybridized carbons (Fsp3) is 0.667. The van der Waals surface area contributed by atoms with Crippen LogP contribution in [0.3, 0.4) is 0 Å². The standard InChI is InChI=1S/C12H18N4O3/c1-9(12(18)19)6-16(10-2-3-10)11(17)4-5-15-8-13-7-14-15/h7-10H,2-6H2,1H3,(H,18,19). The predicted molar refractivity (Wildman–Crippen MR) is 66.2 cm³/mol. The van der Waals surface area contributed by atoms with Gasteiger partial charge in [0.05, 0.1) is 12.5 Å². The van der Waals surface area contributed by atoms with Crippen molar-refractivity contribution in [3.63, 3.8) is 0 Å². The molecule has 7 nitrogen and oxygen atoms in total. The average molecular weight is 266 g/mol. The highest BCUT2D eigenvalue weighted by atomic mass is 16.4. The van der Waals surface area contributed by atoms with Crippen molar-refractivity contribution in [2.24, 2.45) is 5.92 Å². The Morgan fingerprint density at radius 2 is 2.26 bits per heavy atom. The summed E-state index contributed by atoms with van der Waals surface area (Å²) in [6.45, 7) is 2.39. The second-order valence-corrected chi connectivity index (χ2v) is 4.93. The van der Waals surface area contributed by atoms with E-state index in [2.05, 4.69) is 10.1 Å². The van der Waals surface area contributed by atoms with E-state index in [1.54, 1.807) is 22.8 Å². The largest absolute Gasteiger partial charge is 0.481 e. The number of carboxylic acid groups (broad SMARTS) is 1. The number of carboxylic acids is 1. The van der Waals surface area contributed by atoms with Crippen LogP contribution in [-0.4, -0.2) is 49.2 Å². The fourth-order valence-corrected chi connectivity index (χ4v) is 1.92. The maximum atomic E-state index is 12.1. The zero-order chi connectivity index (χ0) is 13.8. The first-order valence-electron chi connectivity index (χ1n) is 6.42. The zero-order valence-electron chi connectivity index (χ0n) is 10.9. The van der Waals surface area contributed by atoms with Gasteiger partial charge in [-0.1, -0.05) is 6.92 Å². The second-order valence-electron chi connectivity index (χ2n) is 4.93. The zero-order valence-corrected chi connectivity index (χ0v) is 10.9. The molecule has 2 rings (SSSR count). The summed E-state index contributed by atoms with van der Waals surface area (Å²) in [6, 6.07) is 0.227. The summed E-state index contributed by atoms with van der Waals surface area (Å²) in [7, 11) is 0. The van der Waals surface area contributed by atoms with E-state index >= 15 is 0 Å². The van der Waals surface area contributed by atoms with Crippen molar-refractivity contribution in [2.75, 3.05) is 6.54 Å². The number of hydrogen-bond donors (Lipinski definition) is 1. The van der Waals surface area contributed by atoms with Gasteiger partial charge in [-0.05, 0) is 12.8 Å². The number of aromatic nitrogens is 3. The highest BCUT2D eigenvalue weighted by Gasteiger charge is 2.34. The Morgan fingerprint density at radius 3 is 2.79 bits per heavy atom. The lowest BCUT2D eigenvalue weighted by atomic mass is 10.1. The first-order chi connectivity index (χ1) is 9.08. The number of hydrogen-bond acceptors (Lipinski definition) is 4. The average Bonchev–Trinajstić information content (AvgIpc) is 3.08. The van der Waals surface area contributed by atoms with Gasteiger partial charge < -0.3 is 10.0 Å². The lowest BCUT2D eigenvalue weighted by molar-refractivity contribution is -0.143. The molecule has 1 aromatic heterocycles. The van der Waals surface area contributed by atoms with Gasteiger partial charge in [-0.25, -0.2) is 4.98 Å². The van der Waals surface area contributed by atoms with Gasteiger partial charge in [0.2, 0.25) is 5.91 Å². The minimum Gasteiger partial charge on any atom is -0.481 e. The molecule has 0 bridgehead atoms. The third kappa shape index (κ3) is 3.77. The maximum absolute atomic E-state index is 12.1. The fourth-order valence-electron chi connectivity index (χ4n) is 1.92. The van der Waals surface area contributed by atoms with E-state index in [1.807, 2.05) is 0 Å². The van der Waals surface area contributed by atoms with Crippen molar-refractivity contribution in [1.82, 2.24) is 19.7 Å². The summed E-state index contributed by atoms with van der Waals surface area (Å²) >= 11 is 0. The van der Waals surface area contributed by atoms with Crippen molar-refractivity contribution in [1.29, 1.82) is 0 Å². The minimum absolute atomic E-state index is 0.00824. The molecule has 0 spiro atoms. The number of carbonyl (C=O) groups excluding carboxylic acids is 1. The molecule has 1 aromatic rings. The van der Waals surface area contributed by atoms with E-state index in [4.69, 9.17) is 5.11 Å². The molecule has 1 heterocycles. The third-order valence-corrected chi connectivity index (χ3v) is 3.22. The molecule has 1 aliphatic rings. The summed E-state index contributed by atoms with van der Waals surface area (Å²) in [6.07, 6.45) is 5.26. The number of rotatable bonds is 7. The number of amides is 1. The van der Waals surface area contributed by atoms with Crippen LogP contribution >= 0.6 is 0 Å². The molecule has 1 fully saturated rings. The maximum Gasteiger partial charge on any atom is 0.308 e. The molecule has 19 heavy (non-hydrogen) atoms. The normalized spacial score (nSPS) is 16.1. The summed E-state index contributed by atoms with van der Waals surface area (Å²) < 4.78 is 1.60. The van der Waals surface area contributed by atoms with E-state index in [0.717, 1.165) is 12.8 Å². The molecule has 1 saturated carbocycles. The van der Waals surface area contributed by atoms with Gasteiger partial charge >= 0.3 is 5.97 Å². The van der Waals surface area contributed by atoms with Gasteiger partial charge in [-0.15, -0.1) is 0 Å². The molecule has 0 aromatic carbocycles. The summed E-state index contributed by atoms with van der Waals surface area (Å²) in [5.41, 5.74) is 0. The molecule has 0 radical (unpaired) electrons. The van der Waals surface area contributed by atoms with E-state index in [-0.39, 0.29) is 18.5 Å². The van der Waals surface area contributed by atoms with Crippen molar-refractivity contribution < 1.29 is 14.7 Å². The Morgan fingerprint density at radius 1 is 1.53 bits per heavy atom. The van der Waals surface area contributed by atoms with E-state index in [0.29, 0.717) is 13.0 Å². The van der Waals surface area contributed by atoms with Crippen molar-refractivity contribution >= 4 is 11.9 Å². The molecule has 7 heteroatoms. The quantitative estimate of drug-likeness (QED) is 0.770. The topological polar surface area (TPSA) is 88.3 Å². The van der Waals surface area contributed by atoms with Gasteiger partial charge in [-0.3, -0.25) is 14.3 Å². The van der Waals surface area contributed by atoms with Crippen LogP contribution in [-0.2, 0) is 16.1 Å². The van der Waals surface area contributed by atoms with E-state index < -0.39 is 11.9 Å². The Bertz CT molecular complexity index is 442. The predicted octanol–water partition coefficient (Wildman–Crippen LogP) is 0.380. The molecular formula is C12H18N4O3. The SMILES string of the molecule is CC(CN(C(=O)CCn1cncn1)C1CC1)C(=O)O. The van der Waals surface area contributed by atoms with Gasteiger partial charge in [0.15, 0.2) is 0 Å². The summed E-state index contributed by atoms with van der Waals surface area (Å²) in [4.78, 5) is 28.6. The van der Waals surface area contributed by atoms with E-state index in [1.165, 1.54) is 6.33 Å². The van der Waals surface area contributed by atoms with Gasteiger partial charge in [0.25, 0.3) is 0 Å². The first kappa shape index (κ1) is 13.5. The third-order valence-electron chi connectivity index (χ3n) is 3.22. The lowest BCUT2D eigenvalue weighted by Gasteiger charge is -2.24. The van der Waals surface area contributed by atoms with Gasteiger partial charge in [0, 0.05) is 19.0 Å². The van der Waals surface area contributed by atoms with Crippen molar-refractivity contribution in [3.05, 3.63) is 12.7 Å². The summed E-state index contributed by atoms with van der Waals surface area (Å²) in [5.74, 6) is -1.41. The van der Waals surface area contributed by atoms with Crippen LogP contribution in [0.2, 0.25) is 0 Å². The van der Waals surface area contributed by atoms with Crippen molar-refractivity contribution in [3.8, 4) is 0 Å². The molecule has 1 atom stereocenters. The molecule has 1 amide bonds. The first-order valence-corrected chi connectivity index (χ1v) is 6.42. The van der Waals surface area contributed by atoms with Gasteiger partial charge in [0.1, 0.15) is 12.7 Å². The van der Waals surface area contributed by atoms with Crippen LogP contribution in [0.15, 0.2) is 12.7 Å². The van der Waals surface area contributed by atoms with E-state index in [9.17, 15) is 9.59 Å². The van der Waals surface area contributed by atoms with Crippen molar-refractivity contribution in [2.45, 2.75) is 38.8 Å². The molecule has 104 valence electrons. The number of nitrogens with zero attached hydrogens (tertiary/aromatic N) is 4. The van der Waals surface area contributed by atoms with Crippen LogP contribution in [0.1, 0.15) is 26.2 Å². The molecule has 1 N–H and O–H groups in total. The lowest BCUT2D eigenvalue weighted by Crippen LogP contribution is -2.38. The van der Waals surface area contributed by atoms with Crippen LogP contribution in [0, 0.1) is 5.92 Å². The molecular weight excluding hydrogens is 248 g/mol. The number of aryl methyl sites for hydroxylation is 1. The number of carbonyl (C=O) groups is 2. The van der Waals surface area contributed by atoms with Crippen LogP contribution < -0.4 is 0 Å². The Balaban J connectivity index is 1.87. The number of aliphatic carboxylic acids is 1. The highest BCUT2D eigenvalue weighted by molar-refractivity contribution is 5.78. The second kappa shape index (κ2) is 5.81. The van der Waals surface area contributed by atoms with Gasteiger partial charge in [-0.2, -0.15) is 5.10 Å². The van der Waals surface area contributed by atoms with Crippen LogP contribution in [0.25, 0.3) is 0 Å². The Kier molecular flexibility index (Phi) is 4.13. The molecule has 1 unspecified atom stereocenters. The molecule has 0 saturated heterocycles. The smallest absolute Gasteiger partial charge is 0.308 e. The monoisotopic (exact) mass is 266 g/mol.